The van der Waals surface area contributed by atoms with E-state index in [1.807, 2.05) is 4.68 Å². The molecular formula is C16H14BFN4O. The van der Waals surface area contributed by atoms with Crippen molar-refractivity contribution in [2.24, 2.45) is 5.73 Å². The van der Waals surface area contributed by atoms with Crippen LogP contribution in [-0.2, 0) is 11.9 Å². The summed E-state index contributed by atoms with van der Waals surface area (Å²) >= 11 is 0. The van der Waals surface area contributed by atoms with Crippen molar-refractivity contribution in [1.29, 1.82) is 5.26 Å². The Morgan fingerprint density at radius 2 is 2.26 bits per heavy atom. The van der Waals surface area contributed by atoms with Crippen molar-refractivity contribution >= 4 is 12.6 Å². The number of carbonyl (C=O) groups is 1. The zero-order valence-electron chi connectivity index (χ0n) is 12.4. The van der Waals surface area contributed by atoms with Crippen molar-refractivity contribution in [3.8, 4) is 17.2 Å². The molecule has 114 valence electrons. The van der Waals surface area contributed by atoms with Crippen molar-refractivity contribution in [3.05, 3.63) is 41.3 Å². The number of rotatable bonds is 2. The maximum absolute atomic E-state index is 13.6. The number of aromatic nitrogens is 2. The van der Waals surface area contributed by atoms with Crippen LogP contribution < -0.4 is 5.73 Å². The van der Waals surface area contributed by atoms with Crippen molar-refractivity contribution in [2.75, 3.05) is 0 Å². The number of hydrogen-bond donors (Lipinski definition) is 1. The summed E-state index contributed by atoms with van der Waals surface area (Å²) in [5.74, 6) is 1.34. The van der Waals surface area contributed by atoms with Gasteiger partial charge in [-0.3, -0.25) is 9.48 Å². The number of amides is 1. The first-order valence-electron chi connectivity index (χ1n) is 7.62. The van der Waals surface area contributed by atoms with Crippen LogP contribution in [0.2, 0.25) is 6.32 Å². The Kier molecular flexibility index (Phi) is 2.86. The molecule has 0 bridgehead atoms. The largest absolute Gasteiger partial charge is 0.365 e. The third kappa shape index (κ3) is 2.06. The molecule has 7 heteroatoms. The van der Waals surface area contributed by atoms with Crippen LogP contribution in [0.25, 0.3) is 11.3 Å². The first-order chi connectivity index (χ1) is 11.0. The Balaban J connectivity index is 1.94. The van der Waals surface area contributed by atoms with Gasteiger partial charge in [0.05, 0.1) is 11.1 Å². The van der Waals surface area contributed by atoms with Crippen LogP contribution in [0.1, 0.15) is 28.9 Å². The normalized spacial score (nSPS) is 17.7. The molecule has 0 radical (unpaired) electrons. The number of nitrogens with zero attached hydrogens (tertiary/aromatic N) is 3. The van der Waals surface area contributed by atoms with Gasteiger partial charge in [-0.25, -0.2) is 9.65 Å². The summed E-state index contributed by atoms with van der Waals surface area (Å²) in [7, 11) is 0. The molecule has 1 aromatic carbocycles. The van der Waals surface area contributed by atoms with Gasteiger partial charge in [-0.2, -0.15) is 5.10 Å². The van der Waals surface area contributed by atoms with Crippen molar-refractivity contribution in [1.82, 2.24) is 9.78 Å². The minimum atomic E-state index is -0.583. The zero-order valence-corrected chi connectivity index (χ0v) is 12.4. The molecule has 0 atom stereocenters. The van der Waals surface area contributed by atoms with E-state index in [1.54, 1.807) is 12.1 Å². The Labute approximate surface area is 133 Å². The molecule has 2 N–H and O–H groups in total. The molecule has 0 saturated heterocycles. The summed E-state index contributed by atoms with van der Waals surface area (Å²) < 4.78 is 15.4. The van der Waals surface area contributed by atoms with E-state index in [0.717, 1.165) is 19.2 Å². The fourth-order valence-electron chi connectivity index (χ4n) is 3.63. The number of fused-ring (bicyclic) bond motifs is 2. The molecule has 0 unspecified atom stereocenters. The smallest absolute Gasteiger partial charge is 0.276 e. The van der Waals surface area contributed by atoms with Gasteiger partial charge in [0.25, 0.3) is 12.6 Å². The molecule has 1 spiro atoms. The molecule has 1 fully saturated rings. The summed E-state index contributed by atoms with van der Waals surface area (Å²) in [4.78, 5) is 12.0. The molecule has 1 aromatic heterocycles. The molecule has 2 aromatic rings. The van der Waals surface area contributed by atoms with Crippen molar-refractivity contribution in [2.45, 2.75) is 31.0 Å². The van der Waals surface area contributed by atoms with E-state index in [1.165, 1.54) is 12.1 Å². The topological polar surface area (TPSA) is 84.7 Å². The highest BCUT2D eigenvalue weighted by Gasteiger charge is 2.53. The average Bonchev–Trinajstić information content (AvgIpc) is 3.16. The molecule has 5 nitrogen and oxygen atoms in total. The fraction of sp³-hybridized carbons (Fsp3) is 0.312. The minimum Gasteiger partial charge on any atom is -0.365 e. The highest BCUT2D eigenvalue weighted by molar-refractivity contribution is 6.66. The van der Waals surface area contributed by atoms with Crippen LogP contribution in [0.5, 0.6) is 0 Å². The highest BCUT2D eigenvalue weighted by atomic mass is 19.1. The van der Waals surface area contributed by atoms with Gasteiger partial charge in [0.2, 0.25) is 0 Å². The first kappa shape index (κ1) is 14.0. The minimum absolute atomic E-state index is 0.139. The van der Waals surface area contributed by atoms with E-state index in [4.69, 9.17) is 5.73 Å². The van der Waals surface area contributed by atoms with Gasteiger partial charge in [-0.1, -0.05) is 12.1 Å². The predicted octanol–water partition coefficient (Wildman–Crippen LogP) is 1.93. The number of benzene rings is 1. The predicted molar refractivity (Wildman–Crippen MR) is 83.2 cm³/mol. The maximum atomic E-state index is 13.6. The highest BCUT2D eigenvalue weighted by Crippen LogP contribution is 2.51. The lowest BCUT2D eigenvalue weighted by Gasteiger charge is -2.26. The average molecular weight is 308 g/mol. The van der Waals surface area contributed by atoms with Gasteiger partial charge in [0, 0.05) is 17.2 Å². The number of halogens is 1. The van der Waals surface area contributed by atoms with Gasteiger partial charge in [0.1, 0.15) is 11.5 Å². The molecule has 1 aliphatic heterocycles. The molecule has 4 rings (SSSR count). The molecule has 2 aliphatic rings. The lowest BCUT2D eigenvalue weighted by molar-refractivity contribution is 0.1000. The van der Waals surface area contributed by atoms with E-state index in [2.05, 4.69) is 11.1 Å². The first-order valence-corrected chi connectivity index (χ1v) is 7.62. The SMILES string of the molecule is N#CB1Cc2c(C(N)=O)c(-c3cccc(F)c3)nn2C2(CC2)C1. The van der Waals surface area contributed by atoms with Crippen LogP contribution in [0.15, 0.2) is 24.3 Å². The van der Waals surface area contributed by atoms with Gasteiger partial charge < -0.3 is 5.73 Å². The third-order valence-corrected chi connectivity index (χ3v) is 4.85. The number of nitriles is 1. The summed E-state index contributed by atoms with van der Waals surface area (Å²) in [6.45, 7) is -0.139. The lowest BCUT2D eigenvalue weighted by Crippen LogP contribution is -2.36. The van der Waals surface area contributed by atoms with Crippen LogP contribution in [0.3, 0.4) is 0 Å². The summed E-state index contributed by atoms with van der Waals surface area (Å²) in [5, 5.41) is 13.9. The second-order valence-electron chi connectivity index (χ2n) is 6.42. The fourth-order valence-corrected chi connectivity index (χ4v) is 3.63. The Morgan fingerprint density at radius 3 is 2.87 bits per heavy atom. The third-order valence-electron chi connectivity index (χ3n) is 4.85. The second kappa shape index (κ2) is 4.69. The zero-order chi connectivity index (χ0) is 16.2. The van der Waals surface area contributed by atoms with Gasteiger partial charge in [-0.05, 0) is 37.6 Å². The summed E-state index contributed by atoms with van der Waals surface area (Å²) in [6, 6.07) is 5.99. The van der Waals surface area contributed by atoms with E-state index < -0.39 is 5.91 Å². The molecule has 1 aliphatic carbocycles. The molecule has 2 heterocycles. The molecule has 23 heavy (non-hydrogen) atoms. The Morgan fingerprint density at radius 1 is 1.48 bits per heavy atom. The van der Waals surface area contributed by atoms with E-state index in [9.17, 15) is 14.4 Å². The maximum Gasteiger partial charge on any atom is 0.276 e. The molecule has 1 saturated carbocycles. The van der Waals surface area contributed by atoms with Crippen LogP contribution in [0, 0.1) is 17.0 Å². The van der Waals surface area contributed by atoms with E-state index in [-0.39, 0.29) is 18.1 Å². The second-order valence-corrected chi connectivity index (χ2v) is 6.42. The molecular weight excluding hydrogens is 294 g/mol. The number of nitrogens with two attached hydrogens (primary N) is 1. The van der Waals surface area contributed by atoms with Crippen LogP contribution in [0.4, 0.5) is 4.39 Å². The Hall–Kier alpha value is -2.62. The standard InChI is InChI=1S/C16H14BFN4O/c18-11-3-1-2-10(6-11)14-13(15(20)23)12-7-17(9-19)8-16(4-5-16)22(12)21-14/h1-3,6H,4-5,7-8H2,(H2,20,23). The van der Waals surface area contributed by atoms with Crippen LogP contribution >= 0.6 is 0 Å². The monoisotopic (exact) mass is 308 g/mol. The lowest BCUT2D eigenvalue weighted by atomic mass is 9.42. The van der Waals surface area contributed by atoms with Crippen LogP contribution in [-0.4, -0.2) is 22.4 Å². The van der Waals surface area contributed by atoms with Gasteiger partial charge >= 0.3 is 0 Å². The van der Waals surface area contributed by atoms with Gasteiger partial charge in [-0.15, -0.1) is 0 Å². The van der Waals surface area contributed by atoms with Gasteiger partial charge in [0.15, 0.2) is 0 Å². The number of carbonyl (C=O) groups excluding carboxylic acids is 1. The van der Waals surface area contributed by atoms with Crippen molar-refractivity contribution in [3.63, 3.8) is 0 Å². The number of primary amides is 1. The quantitative estimate of drug-likeness (QED) is 0.860. The summed E-state index contributed by atoms with van der Waals surface area (Å²) in [5.41, 5.74) is 7.40. The number of hydrogen-bond acceptors (Lipinski definition) is 3. The van der Waals surface area contributed by atoms with E-state index in [0.29, 0.717) is 28.8 Å². The summed E-state index contributed by atoms with van der Waals surface area (Å²) in [6.07, 6.45) is 3.10. The Bertz CT molecular complexity index is 865. The van der Waals surface area contributed by atoms with Crippen molar-refractivity contribution < 1.29 is 9.18 Å². The molecule has 1 amide bonds. The van der Waals surface area contributed by atoms with E-state index >= 15 is 0 Å².